The van der Waals surface area contributed by atoms with Gasteiger partial charge in [0.05, 0.1) is 14.2 Å². The van der Waals surface area contributed by atoms with Gasteiger partial charge in [-0.05, 0) is 30.7 Å². The van der Waals surface area contributed by atoms with E-state index in [0.717, 1.165) is 11.3 Å². The number of nitrogens with one attached hydrogen (secondary N) is 3. The van der Waals surface area contributed by atoms with Crippen molar-refractivity contribution in [2.24, 2.45) is 4.99 Å². The fourth-order valence-electron chi connectivity index (χ4n) is 2.27. The lowest BCUT2D eigenvalue weighted by Gasteiger charge is -2.14. The molecule has 0 saturated heterocycles. The number of guanidine groups is 1. The number of ether oxygens (including phenoxy) is 2. The second-order valence-corrected chi connectivity index (χ2v) is 5.71. The predicted molar refractivity (Wildman–Crippen MR) is 107 cm³/mol. The summed E-state index contributed by atoms with van der Waals surface area (Å²) in [7, 11) is 4.82. The fourth-order valence-corrected chi connectivity index (χ4v) is 2.27. The van der Waals surface area contributed by atoms with Crippen molar-refractivity contribution >= 4 is 23.4 Å². The first-order chi connectivity index (χ1) is 13.0. The number of hydrogen-bond donors (Lipinski definition) is 3. The Bertz CT molecular complexity index is 790. The quantitative estimate of drug-likeness (QED) is 0.511. The van der Waals surface area contributed by atoms with Crippen molar-refractivity contribution in [3.8, 4) is 11.5 Å². The Labute approximate surface area is 159 Å². The summed E-state index contributed by atoms with van der Waals surface area (Å²) < 4.78 is 10.5. The zero-order valence-corrected chi connectivity index (χ0v) is 16.0. The van der Waals surface area contributed by atoms with Crippen molar-refractivity contribution in [3.05, 3.63) is 42.1 Å². The molecule has 0 aliphatic carbocycles. The number of amides is 1. The molecule has 1 heterocycles. The van der Waals surface area contributed by atoms with Crippen LogP contribution in [0, 0.1) is 6.92 Å². The molecule has 3 N–H and O–H groups in total. The van der Waals surface area contributed by atoms with Gasteiger partial charge in [0, 0.05) is 38.0 Å². The van der Waals surface area contributed by atoms with Gasteiger partial charge in [-0.1, -0.05) is 6.07 Å². The highest BCUT2D eigenvalue weighted by Crippen LogP contribution is 2.29. The molecule has 8 heteroatoms. The molecule has 0 saturated carbocycles. The van der Waals surface area contributed by atoms with Gasteiger partial charge in [0.15, 0.2) is 17.5 Å². The SMILES string of the molecule is CN=C(NCCC(=O)Nc1ccc(C)cn1)Nc1ccc(OC)c(OC)c1. The summed E-state index contributed by atoms with van der Waals surface area (Å²) in [6, 6.07) is 9.13. The Morgan fingerprint density at radius 2 is 1.89 bits per heavy atom. The van der Waals surface area contributed by atoms with E-state index in [-0.39, 0.29) is 12.3 Å². The summed E-state index contributed by atoms with van der Waals surface area (Å²) in [6.45, 7) is 2.37. The average Bonchev–Trinajstić information content (AvgIpc) is 2.68. The van der Waals surface area contributed by atoms with Gasteiger partial charge in [-0.25, -0.2) is 4.98 Å². The maximum absolute atomic E-state index is 12.0. The van der Waals surface area contributed by atoms with E-state index in [1.54, 1.807) is 39.6 Å². The average molecular weight is 371 g/mol. The number of carbonyl (C=O) groups excluding carboxylic acids is 1. The summed E-state index contributed by atoms with van der Waals surface area (Å²) >= 11 is 0. The predicted octanol–water partition coefficient (Wildman–Crippen LogP) is 2.42. The van der Waals surface area contributed by atoms with E-state index in [4.69, 9.17) is 9.47 Å². The van der Waals surface area contributed by atoms with Gasteiger partial charge in [-0.2, -0.15) is 0 Å². The van der Waals surface area contributed by atoms with Crippen LogP contribution in [0.1, 0.15) is 12.0 Å². The Balaban J connectivity index is 1.83. The molecule has 0 radical (unpaired) electrons. The molecule has 0 aliphatic rings. The number of anilines is 2. The van der Waals surface area contributed by atoms with Crippen molar-refractivity contribution in [3.63, 3.8) is 0 Å². The van der Waals surface area contributed by atoms with E-state index in [1.807, 2.05) is 25.1 Å². The minimum absolute atomic E-state index is 0.125. The highest BCUT2D eigenvalue weighted by atomic mass is 16.5. The largest absolute Gasteiger partial charge is 0.493 e. The van der Waals surface area contributed by atoms with Crippen LogP contribution in [0.3, 0.4) is 0 Å². The second-order valence-electron chi connectivity index (χ2n) is 5.71. The summed E-state index contributed by atoms with van der Waals surface area (Å²) in [5.74, 6) is 2.22. The van der Waals surface area contributed by atoms with Gasteiger partial charge < -0.3 is 25.4 Å². The Morgan fingerprint density at radius 3 is 2.52 bits per heavy atom. The summed E-state index contributed by atoms with van der Waals surface area (Å²) in [5.41, 5.74) is 1.83. The van der Waals surface area contributed by atoms with Gasteiger partial charge in [-0.15, -0.1) is 0 Å². The Morgan fingerprint density at radius 1 is 1.11 bits per heavy atom. The van der Waals surface area contributed by atoms with Crippen LogP contribution >= 0.6 is 0 Å². The zero-order valence-electron chi connectivity index (χ0n) is 16.0. The molecular formula is C19H25N5O3. The molecule has 0 spiro atoms. The normalized spacial score (nSPS) is 10.9. The standard InChI is InChI=1S/C19H25N5O3/c1-13-5-8-17(22-12-13)24-18(25)9-10-21-19(20-2)23-14-6-7-15(26-3)16(11-14)27-4/h5-8,11-12H,9-10H2,1-4H3,(H2,20,21,23)(H,22,24,25). The number of rotatable bonds is 7. The van der Waals surface area contributed by atoms with Crippen molar-refractivity contribution in [2.75, 3.05) is 38.4 Å². The highest BCUT2D eigenvalue weighted by molar-refractivity contribution is 5.94. The van der Waals surface area contributed by atoms with E-state index in [1.165, 1.54) is 0 Å². The number of methoxy groups -OCH3 is 2. The number of aryl methyl sites for hydroxylation is 1. The van der Waals surface area contributed by atoms with Crippen LogP contribution in [0.5, 0.6) is 11.5 Å². The first kappa shape index (κ1) is 20.0. The molecule has 8 nitrogen and oxygen atoms in total. The lowest BCUT2D eigenvalue weighted by molar-refractivity contribution is -0.116. The highest BCUT2D eigenvalue weighted by Gasteiger charge is 2.07. The molecule has 2 rings (SSSR count). The van der Waals surface area contributed by atoms with E-state index in [2.05, 4.69) is 25.9 Å². The van der Waals surface area contributed by atoms with Crippen LogP contribution in [0.15, 0.2) is 41.5 Å². The van der Waals surface area contributed by atoms with Crippen LogP contribution in [-0.4, -0.2) is 44.7 Å². The number of aliphatic imine (C=N–C) groups is 1. The van der Waals surface area contributed by atoms with Crippen molar-refractivity contribution in [1.29, 1.82) is 0 Å². The molecule has 0 atom stereocenters. The van der Waals surface area contributed by atoms with Crippen LogP contribution in [-0.2, 0) is 4.79 Å². The smallest absolute Gasteiger partial charge is 0.227 e. The van der Waals surface area contributed by atoms with Crippen molar-refractivity contribution in [2.45, 2.75) is 13.3 Å². The topological polar surface area (TPSA) is 96.9 Å². The summed E-state index contributed by atoms with van der Waals surface area (Å²) in [6.07, 6.45) is 1.99. The maximum Gasteiger partial charge on any atom is 0.227 e. The number of benzene rings is 1. The van der Waals surface area contributed by atoms with Gasteiger partial charge >= 0.3 is 0 Å². The first-order valence-corrected chi connectivity index (χ1v) is 8.48. The van der Waals surface area contributed by atoms with Crippen LogP contribution in [0.25, 0.3) is 0 Å². The van der Waals surface area contributed by atoms with Gasteiger partial charge in [0.2, 0.25) is 5.91 Å². The second kappa shape index (κ2) is 10.0. The number of carbonyl (C=O) groups is 1. The molecule has 144 valence electrons. The Hall–Kier alpha value is -3.29. The molecule has 0 fully saturated rings. The van der Waals surface area contributed by atoms with Gasteiger partial charge in [0.25, 0.3) is 0 Å². The van der Waals surface area contributed by atoms with Gasteiger partial charge in [-0.3, -0.25) is 9.79 Å². The third-order valence-corrected chi connectivity index (χ3v) is 3.69. The molecule has 0 unspecified atom stereocenters. The number of nitrogens with zero attached hydrogens (tertiary/aromatic N) is 2. The third-order valence-electron chi connectivity index (χ3n) is 3.69. The first-order valence-electron chi connectivity index (χ1n) is 8.48. The molecule has 2 aromatic rings. The van der Waals surface area contributed by atoms with E-state index in [0.29, 0.717) is 29.8 Å². The number of pyridine rings is 1. The van der Waals surface area contributed by atoms with Crippen LogP contribution in [0.2, 0.25) is 0 Å². The maximum atomic E-state index is 12.0. The van der Waals surface area contributed by atoms with Crippen molar-refractivity contribution in [1.82, 2.24) is 10.3 Å². The summed E-state index contributed by atoms with van der Waals surface area (Å²) in [4.78, 5) is 20.3. The fraction of sp³-hybridized carbons (Fsp3) is 0.316. The van der Waals surface area contributed by atoms with Gasteiger partial charge in [0.1, 0.15) is 5.82 Å². The molecule has 1 aromatic carbocycles. The number of hydrogen-bond acceptors (Lipinski definition) is 5. The molecule has 27 heavy (non-hydrogen) atoms. The van der Waals surface area contributed by atoms with Crippen LogP contribution < -0.4 is 25.4 Å². The summed E-state index contributed by atoms with van der Waals surface area (Å²) in [5, 5.41) is 9.00. The molecular weight excluding hydrogens is 346 g/mol. The monoisotopic (exact) mass is 371 g/mol. The van der Waals surface area contributed by atoms with E-state index >= 15 is 0 Å². The number of aromatic nitrogens is 1. The zero-order chi connectivity index (χ0) is 19.6. The Kier molecular flexibility index (Phi) is 7.42. The minimum Gasteiger partial charge on any atom is -0.493 e. The lowest BCUT2D eigenvalue weighted by atomic mass is 10.2. The van der Waals surface area contributed by atoms with Crippen molar-refractivity contribution < 1.29 is 14.3 Å². The molecule has 0 aliphatic heterocycles. The van der Waals surface area contributed by atoms with E-state index in [9.17, 15) is 4.79 Å². The third kappa shape index (κ3) is 6.18. The van der Waals surface area contributed by atoms with E-state index < -0.39 is 0 Å². The molecule has 1 aromatic heterocycles. The lowest BCUT2D eigenvalue weighted by Crippen LogP contribution is -2.33. The minimum atomic E-state index is -0.125. The molecule has 0 bridgehead atoms. The van der Waals surface area contributed by atoms with Crippen LogP contribution in [0.4, 0.5) is 11.5 Å². The molecule has 1 amide bonds.